The van der Waals surface area contributed by atoms with E-state index >= 15 is 0 Å². The molecule has 1 saturated carbocycles. The van der Waals surface area contributed by atoms with Crippen molar-refractivity contribution in [1.82, 2.24) is 14.6 Å². The Hall–Kier alpha value is -3.85. The van der Waals surface area contributed by atoms with E-state index in [1.807, 2.05) is 47.1 Å². The van der Waals surface area contributed by atoms with Crippen molar-refractivity contribution in [3.05, 3.63) is 72.2 Å². The summed E-state index contributed by atoms with van der Waals surface area (Å²) in [6.45, 7) is 0. The predicted octanol–water partition coefficient (Wildman–Crippen LogP) is 6.12. The van der Waals surface area contributed by atoms with Crippen LogP contribution in [0.3, 0.4) is 0 Å². The number of nitrogens with zero attached hydrogens (tertiary/aromatic N) is 4. The van der Waals surface area contributed by atoms with E-state index in [0.717, 1.165) is 46.9 Å². The maximum absolute atomic E-state index is 9.43. The van der Waals surface area contributed by atoms with E-state index in [9.17, 15) is 5.26 Å². The Morgan fingerprint density at radius 3 is 2.50 bits per heavy atom. The van der Waals surface area contributed by atoms with E-state index in [1.165, 1.54) is 19.3 Å². The molecule has 160 valence electrons. The molecule has 1 aliphatic carbocycles. The fraction of sp³-hybridized carbons (Fsp3) is 0.269. The molecule has 2 heterocycles. The number of methoxy groups -OCH3 is 1. The third-order valence-electron chi connectivity index (χ3n) is 6.12. The molecule has 6 heteroatoms. The van der Waals surface area contributed by atoms with Crippen LogP contribution in [-0.2, 0) is 0 Å². The fourth-order valence-electron chi connectivity index (χ4n) is 4.52. The molecule has 0 amide bonds. The minimum atomic E-state index is 0.406. The highest BCUT2D eigenvalue weighted by atomic mass is 16.5. The summed E-state index contributed by atoms with van der Waals surface area (Å²) in [5.41, 5.74) is 4.42. The van der Waals surface area contributed by atoms with Crippen molar-refractivity contribution in [2.24, 2.45) is 0 Å². The quantitative estimate of drug-likeness (QED) is 0.386. The minimum absolute atomic E-state index is 0.406. The highest BCUT2D eigenvalue weighted by Crippen LogP contribution is 2.38. The zero-order chi connectivity index (χ0) is 21.9. The molecule has 0 unspecified atom stereocenters. The Kier molecular flexibility index (Phi) is 5.47. The average molecular weight is 425 g/mol. The molecule has 5 rings (SSSR count). The van der Waals surface area contributed by atoms with Gasteiger partial charge in [0.2, 0.25) is 0 Å². The van der Waals surface area contributed by atoms with Gasteiger partial charge in [0.05, 0.1) is 19.0 Å². The summed E-state index contributed by atoms with van der Waals surface area (Å²) in [5.74, 6) is 2.64. The van der Waals surface area contributed by atoms with Crippen molar-refractivity contribution in [3.8, 4) is 34.4 Å². The van der Waals surface area contributed by atoms with Gasteiger partial charge in [-0.25, -0.2) is 9.50 Å². The molecule has 6 nitrogen and oxygen atoms in total. The molecule has 0 atom stereocenters. The molecule has 1 fully saturated rings. The van der Waals surface area contributed by atoms with Gasteiger partial charge in [-0.3, -0.25) is 0 Å². The van der Waals surface area contributed by atoms with Crippen LogP contribution >= 0.6 is 0 Å². The topological polar surface area (TPSA) is 72.4 Å². The van der Waals surface area contributed by atoms with Crippen molar-refractivity contribution in [2.45, 2.75) is 38.0 Å². The monoisotopic (exact) mass is 424 g/mol. The second-order valence-electron chi connectivity index (χ2n) is 8.10. The molecule has 0 spiro atoms. The fourth-order valence-corrected chi connectivity index (χ4v) is 4.52. The van der Waals surface area contributed by atoms with E-state index < -0.39 is 0 Å². The summed E-state index contributed by atoms with van der Waals surface area (Å²) in [6.07, 6.45) is 9.47. The Labute approximate surface area is 187 Å². The maximum Gasteiger partial charge on any atom is 0.173 e. The number of aromatic nitrogens is 3. The van der Waals surface area contributed by atoms with Gasteiger partial charge in [0.1, 0.15) is 28.9 Å². The summed E-state index contributed by atoms with van der Waals surface area (Å²) >= 11 is 0. The summed E-state index contributed by atoms with van der Waals surface area (Å²) in [4.78, 5) is 4.59. The lowest BCUT2D eigenvalue weighted by atomic mass is 9.84. The van der Waals surface area contributed by atoms with Gasteiger partial charge in [-0.05, 0) is 42.7 Å². The van der Waals surface area contributed by atoms with Gasteiger partial charge < -0.3 is 9.47 Å². The first-order valence-electron chi connectivity index (χ1n) is 11.0. The molecule has 0 saturated heterocycles. The third-order valence-corrected chi connectivity index (χ3v) is 6.12. The van der Waals surface area contributed by atoms with Gasteiger partial charge in [0.15, 0.2) is 5.65 Å². The van der Waals surface area contributed by atoms with Crippen molar-refractivity contribution >= 4 is 5.65 Å². The van der Waals surface area contributed by atoms with Gasteiger partial charge >= 0.3 is 0 Å². The van der Waals surface area contributed by atoms with Gasteiger partial charge in [-0.2, -0.15) is 10.4 Å². The number of rotatable bonds is 5. The van der Waals surface area contributed by atoms with Crippen molar-refractivity contribution in [3.63, 3.8) is 0 Å². The standard InChI is InChI=1S/C26H24N4O2/c1-31-22-8-5-9-23(14-22)32-21-12-10-18(11-13-21)24-17-28-26-20(15-27)16-29-30(26)25(24)19-6-3-2-4-7-19/h5,8-14,16-17,19H,2-4,6-7H2,1H3. The average Bonchev–Trinajstić information content (AvgIpc) is 3.28. The number of benzene rings is 2. The van der Waals surface area contributed by atoms with Crippen LogP contribution < -0.4 is 9.47 Å². The van der Waals surface area contributed by atoms with Gasteiger partial charge in [-0.1, -0.05) is 37.5 Å². The molecular formula is C26H24N4O2. The van der Waals surface area contributed by atoms with E-state index in [1.54, 1.807) is 13.3 Å². The summed E-state index contributed by atoms with van der Waals surface area (Å²) in [7, 11) is 1.64. The normalized spacial score (nSPS) is 14.2. The Morgan fingerprint density at radius 2 is 1.75 bits per heavy atom. The van der Waals surface area contributed by atoms with Gasteiger partial charge in [0.25, 0.3) is 0 Å². The molecule has 4 aromatic rings. The molecule has 0 radical (unpaired) electrons. The summed E-state index contributed by atoms with van der Waals surface area (Å²) in [6, 6.07) is 17.8. The molecular weight excluding hydrogens is 400 g/mol. The molecule has 0 aliphatic heterocycles. The zero-order valence-corrected chi connectivity index (χ0v) is 18.0. The number of hydrogen-bond acceptors (Lipinski definition) is 5. The van der Waals surface area contributed by atoms with Gasteiger partial charge in [-0.15, -0.1) is 0 Å². The second-order valence-corrected chi connectivity index (χ2v) is 8.10. The van der Waals surface area contributed by atoms with Crippen molar-refractivity contribution in [2.75, 3.05) is 7.11 Å². The molecule has 0 bridgehead atoms. The highest BCUT2D eigenvalue weighted by molar-refractivity contribution is 5.69. The predicted molar refractivity (Wildman–Crippen MR) is 122 cm³/mol. The van der Waals surface area contributed by atoms with Gasteiger partial charge in [0, 0.05) is 23.7 Å². The largest absolute Gasteiger partial charge is 0.497 e. The first-order chi connectivity index (χ1) is 15.8. The lowest BCUT2D eigenvalue weighted by molar-refractivity contribution is 0.409. The highest BCUT2D eigenvalue weighted by Gasteiger charge is 2.24. The molecule has 1 aliphatic rings. The number of hydrogen-bond donors (Lipinski definition) is 0. The third kappa shape index (κ3) is 3.78. The molecule has 0 N–H and O–H groups in total. The van der Waals surface area contributed by atoms with Crippen LogP contribution in [0.4, 0.5) is 0 Å². The van der Waals surface area contributed by atoms with E-state index in [-0.39, 0.29) is 0 Å². The SMILES string of the molecule is COc1cccc(Oc2ccc(-c3cnc4c(C#N)cnn4c3C3CCCCC3)cc2)c1. The van der Waals surface area contributed by atoms with Crippen LogP contribution in [0, 0.1) is 11.3 Å². The second kappa shape index (κ2) is 8.72. The van der Waals surface area contributed by atoms with Crippen molar-refractivity contribution < 1.29 is 9.47 Å². The number of fused-ring (bicyclic) bond motifs is 1. The summed E-state index contributed by atoms with van der Waals surface area (Å²) in [5, 5.41) is 14.0. The lowest BCUT2D eigenvalue weighted by Gasteiger charge is -2.25. The summed E-state index contributed by atoms with van der Waals surface area (Å²) < 4.78 is 13.1. The minimum Gasteiger partial charge on any atom is -0.497 e. The molecule has 2 aromatic heterocycles. The smallest absolute Gasteiger partial charge is 0.173 e. The number of nitriles is 1. The number of ether oxygens (including phenoxy) is 2. The van der Waals surface area contributed by atoms with Crippen LogP contribution in [0.2, 0.25) is 0 Å². The van der Waals surface area contributed by atoms with E-state index in [4.69, 9.17) is 9.47 Å². The Balaban J connectivity index is 1.51. The molecule has 2 aromatic carbocycles. The zero-order valence-electron chi connectivity index (χ0n) is 18.0. The van der Waals surface area contributed by atoms with Crippen LogP contribution in [0.5, 0.6) is 17.2 Å². The Morgan fingerprint density at radius 1 is 0.969 bits per heavy atom. The van der Waals surface area contributed by atoms with Crippen LogP contribution in [0.1, 0.15) is 49.3 Å². The van der Waals surface area contributed by atoms with E-state index in [0.29, 0.717) is 17.1 Å². The molecule has 32 heavy (non-hydrogen) atoms. The first-order valence-corrected chi connectivity index (χ1v) is 11.0. The van der Waals surface area contributed by atoms with Crippen LogP contribution in [0.15, 0.2) is 60.9 Å². The Bertz CT molecular complexity index is 1280. The van der Waals surface area contributed by atoms with Crippen molar-refractivity contribution in [1.29, 1.82) is 5.26 Å². The van der Waals surface area contributed by atoms with Crippen LogP contribution in [0.25, 0.3) is 16.8 Å². The first kappa shape index (κ1) is 20.1. The maximum atomic E-state index is 9.43. The lowest BCUT2D eigenvalue weighted by Crippen LogP contribution is -2.12. The van der Waals surface area contributed by atoms with E-state index in [2.05, 4.69) is 28.3 Å². The van der Waals surface area contributed by atoms with Crippen LogP contribution in [-0.4, -0.2) is 21.7 Å².